The van der Waals surface area contributed by atoms with Crippen molar-refractivity contribution >= 4 is 33.5 Å². The molecule has 2 heterocycles. The van der Waals surface area contributed by atoms with E-state index in [1.165, 1.54) is 31.0 Å². The lowest BCUT2D eigenvalue weighted by atomic mass is 9.85. The van der Waals surface area contributed by atoms with Gasteiger partial charge in [-0.05, 0) is 43.0 Å². The van der Waals surface area contributed by atoms with E-state index in [0.717, 1.165) is 27.4 Å². The Balaban J connectivity index is 1.61. The van der Waals surface area contributed by atoms with Crippen LogP contribution in [0, 0.1) is 5.92 Å². The maximum Gasteiger partial charge on any atom is 0.192 e. The van der Waals surface area contributed by atoms with E-state index in [4.69, 9.17) is 0 Å². The topological polar surface area (TPSA) is 60.7 Å². The van der Waals surface area contributed by atoms with Gasteiger partial charge in [0.15, 0.2) is 16.8 Å². The van der Waals surface area contributed by atoms with Crippen LogP contribution in [-0.4, -0.2) is 31.3 Å². The quantitative estimate of drug-likeness (QED) is 0.335. The van der Waals surface area contributed by atoms with Crippen molar-refractivity contribution in [2.45, 2.75) is 43.8 Å². The highest BCUT2D eigenvalue weighted by Crippen LogP contribution is 2.38. The number of halogens is 1. The van der Waals surface area contributed by atoms with Gasteiger partial charge in [0.1, 0.15) is 0 Å². The van der Waals surface area contributed by atoms with Crippen LogP contribution in [0.15, 0.2) is 58.4 Å². The minimum Gasteiger partial charge on any atom is -0.299 e. The summed E-state index contributed by atoms with van der Waals surface area (Å²) < 4.78 is 3.22. The van der Waals surface area contributed by atoms with Gasteiger partial charge in [-0.3, -0.25) is 14.3 Å². The minimum absolute atomic E-state index is 0.0941. The van der Waals surface area contributed by atoms with Crippen LogP contribution in [0.1, 0.15) is 49.0 Å². The molecule has 0 unspecified atom stereocenters. The van der Waals surface area contributed by atoms with Crippen LogP contribution in [-0.2, 0) is 0 Å². The summed E-state index contributed by atoms with van der Waals surface area (Å²) in [6, 6.07) is 11.8. The van der Waals surface area contributed by atoms with E-state index < -0.39 is 0 Å². The summed E-state index contributed by atoms with van der Waals surface area (Å²) in [5.74, 6) is 1.83. The number of hydrogen-bond acceptors (Lipinski definition) is 5. The first-order valence-electron chi connectivity index (χ1n) is 9.90. The van der Waals surface area contributed by atoms with Gasteiger partial charge < -0.3 is 0 Å². The maximum absolute atomic E-state index is 12.7. The van der Waals surface area contributed by atoms with E-state index in [0.29, 0.717) is 23.3 Å². The van der Waals surface area contributed by atoms with Crippen LogP contribution in [0.3, 0.4) is 0 Å². The van der Waals surface area contributed by atoms with Crippen molar-refractivity contribution in [2.24, 2.45) is 5.92 Å². The van der Waals surface area contributed by atoms with Gasteiger partial charge in [0.05, 0.1) is 5.75 Å². The summed E-state index contributed by atoms with van der Waals surface area (Å²) in [5, 5.41) is 9.78. The van der Waals surface area contributed by atoms with Crippen molar-refractivity contribution in [2.75, 3.05) is 5.75 Å². The molecule has 0 bridgehead atoms. The number of aromatic nitrogens is 4. The molecule has 3 aromatic rings. The number of thioether (sulfide) groups is 1. The summed E-state index contributed by atoms with van der Waals surface area (Å²) in [7, 11) is 0. The predicted octanol–water partition coefficient (Wildman–Crippen LogP) is 5.83. The molecule has 29 heavy (non-hydrogen) atoms. The van der Waals surface area contributed by atoms with Crippen molar-refractivity contribution < 1.29 is 4.79 Å². The largest absolute Gasteiger partial charge is 0.299 e. The summed E-state index contributed by atoms with van der Waals surface area (Å²) in [6.45, 7) is 2.30. The highest BCUT2D eigenvalue weighted by molar-refractivity contribution is 9.10. The molecule has 0 radical (unpaired) electrons. The van der Waals surface area contributed by atoms with Gasteiger partial charge in [0.2, 0.25) is 0 Å². The van der Waals surface area contributed by atoms with E-state index >= 15 is 0 Å². The third kappa shape index (κ3) is 4.61. The van der Waals surface area contributed by atoms with Crippen LogP contribution in [0.2, 0.25) is 0 Å². The average molecular weight is 471 g/mol. The lowest BCUT2D eigenvalue weighted by Gasteiger charge is -2.31. The van der Waals surface area contributed by atoms with Crippen LogP contribution in [0.25, 0.3) is 11.4 Å². The number of benzene rings is 1. The average Bonchev–Trinajstić information content (AvgIpc) is 3.17. The first kappa shape index (κ1) is 20.3. The third-order valence-corrected chi connectivity index (χ3v) is 6.95. The highest BCUT2D eigenvalue weighted by Gasteiger charge is 2.29. The molecule has 1 fully saturated rings. The second-order valence-corrected chi connectivity index (χ2v) is 9.32. The first-order valence-corrected chi connectivity index (χ1v) is 11.7. The summed E-state index contributed by atoms with van der Waals surface area (Å²) in [4.78, 5) is 16.9. The van der Waals surface area contributed by atoms with Crippen molar-refractivity contribution in [3.05, 3.63) is 58.8 Å². The normalized spacial score (nSPS) is 19.2. The molecule has 0 amide bonds. The fourth-order valence-corrected chi connectivity index (χ4v) is 5.05. The SMILES string of the molecule is C[C@H]1CCCC[C@@H]1n1c(SCC(=O)c2ccc(Br)cc2)nnc1-c1cccnc1. The van der Waals surface area contributed by atoms with Gasteiger partial charge in [-0.1, -0.05) is 59.6 Å². The van der Waals surface area contributed by atoms with Crippen molar-refractivity contribution in [3.8, 4) is 11.4 Å². The van der Waals surface area contributed by atoms with Gasteiger partial charge in [0.25, 0.3) is 0 Å². The second-order valence-electron chi connectivity index (χ2n) is 7.47. The molecular formula is C22H23BrN4OS. The molecular weight excluding hydrogens is 448 g/mol. The molecule has 2 aromatic heterocycles. The van der Waals surface area contributed by atoms with Crippen molar-refractivity contribution in [1.29, 1.82) is 0 Å². The lowest BCUT2D eigenvalue weighted by Crippen LogP contribution is -2.22. The molecule has 0 aliphatic heterocycles. The van der Waals surface area contributed by atoms with E-state index in [-0.39, 0.29) is 5.78 Å². The molecule has 0 saturated heterocycles. The predicted molar refractivity (Wildman–Crippen MR) is 119 cm³/mol. The highest BCUT2D eigenvalue weighted by atomic mass is 79.9. The molecule has 7 heteroatoms. The number of carbonyl (C=O) groups is 1. The Kier molecular flexibility index (Phi) is 6.45. The monoisotopic (exact) mass is 470 g/mol. The second kappa shape index (κ2) is 9.22. The van der Waals surface area contributed by atoms with E-state index in [9.17, 15) is 4.79 Å². The fraction of sp³-hybridized carbons (Fsp3) is 0.364. The standard InChI is InChI=1S/C22H23BrN4OS/c1-15-5-2-3-7-19(15)27-21(17-6-4-12-24-13-17)25-26-22(27)29-14-20(28)16-8-10-18(23)11-9-16/h4,6,8-13,15,19H,2-3,5,7,14H2,1H3/t15-,19-/m0/s1. The minimum atomic E-state index is 0.0941. The van der Waals surface area contributed by atoms with E-state index in [2.05, 4.69) is 42.6 Å². The zero-order chi connectivity index (χ0) is 20.2. The van der Waals surface area contributed by atoms with E-state index in [1.807, 2.05) is 42.6 Å². The van der Waals surface area contributed by atoms with Crippen LogP contribution >= 0.6 is 27.7 Å². The number of nitrogens with zero attached hydrogens (tertiary/aromatic N) is 4. The molecule has 0 spiro atoms. The Labute approximate surface area is 183 Å². The Morgan fingerprint density at radius 2 is 1.97 bits per heavy atom. The number of ketones is 1. The molecule has 1 aliphatic rings. The molecule has 1 aromatic carbocycles. The number of hydrogen-bond donors (Lipinski definition) is 0. The number of Topliss-reactive ketones (excluding diaryl/α,β-unsaturated/α-hetero) is 1. The third-order valence-electron chi connectivity index (χ3n) is 5.48. The zero-order valence-corrected chi connectivity index (χ0v) is 18.7. The summed E-state index contributed by atoms with van der Waals surface area (Å²) >= 11 is 4.88. The Bertz CT molecular complexity index is 974. The van der Waals surface area contributed by atoms with Crippen molar-refractivity contribution in [1.82, 2.24) is 19.7 Å². The maximum atomic E-state index is 12.7. The molecule has 4 rings (SSSR count). The Hall–Kier alpha value is -1.99. The van der Waals surface area contributed by atoms with Crippen molar-refractivity contribution in [3.63, 3.8) is 0 Å². The number of rotatable bonds is 6. The molecule has 1 saturated carbocycles. The van der Waals surface area contributed by atoms with Gasteiger partial charge in [-0.25, -0.2) is 0 Å². The molecule has 5 nitrogen and oxygen atoms in total. The van der Waals surface area contributed by atoms with Gasteiger partial charge >= 0.3 is 0 Å². The van der Waals surface area contributed by atoms with Crippen LogP contribution in [0.5, 0.6) is 0 Å². The van der Waals surface area contributed by atoms with Crippen LogP contribution in [0.4, 0.5) is 0 Å². The first-order chi connectivity index (χ1) is 14.1. The Morgan fingerprint density at radius 1 is 1.17 bits per heavy atom. The molecule has 150 valence electrons. The van der Waals surface area contributed by atoms with E-state index in [1.54, 1.807) is 6.20 Å². The summed E-state index contributed by atoms with van der Waals surface area (Å²) in [5.41, 5.74) is 1.68. The summed E-state index contributed by atoms with van der Waals surface area (Å²) in [6.07, 6.45) is 8.39. The molecule has 1 aliphatic carbocycles. The molecule has 0 N–H and O–H groups in total. The van der Waals surface area contributed by atoms with Gasteiger partial charge in [-0.15, -0.1) is 10.2 Å². The van der Waals surface area contributed by atoms with Crippen LogP contribution < -0.4 is 0 Å². The number of carbonyl (C=O) groups excluding carboxylic acids is 1. The Morgan fingerprint density at radius 3 is 2.69 bits per heavy atom. The number of pyridine rings is 1. The van der Waals surface area contributed by atoms with Gasteiger partial charge in [0, 0.05) is 34.0 Å². The fourth-order valence-electron chi connectivity index (χ4n) is 3.90. The zero-order valence-electron chi connectivity index (χ0n) is 16.3. The smallest absolute Gasteiger partial charge is 0.192 e. The van der Waals surface area contributed by atoms with Gasteiger partial charge in [-0.2, -0.15) is 0 Å². The molecule has 2 atom stereocenters. The lowest BCUT2D eigenvalue weighted by molar-refractivity contribution is 0.102.